The number of amides is 1. The summed E-state index contributed by atoms with van der Waals surface area (Å²) in [6.45, 7) is 6.04. The number of piperazine rings is 1. The molecular weight excluding hydrogens is 409 g/mol. The maximum atomic E-state index is 13.3. The molecule has 0 aromatic heterocycles. The Morgan fingerprint density at radius 1 is 1.12 bits per heavy atom. The van der Waals surface area contributed by atoms with Crippen LogP contribution in [0.1, 0.15) is 18.4 Å². The van der Waals surface area contributed by atoms with Crippen LogP contribution in [0.25, 0.3) is 11.1 Å². The summed E-state index contributed by atoms with van der Waals surface area (Å²) in [5.41, 5.74) is 2.99. The van der Waals surface area contributed by atoms with E-state index in [1.54, 1.807) is 12.1 Å². The summed E-state index contributed by atoms with van der Waals surface area (Å²) in [4.78, 5) is 17.0. The third kappa shape index (κ3) is 6.28. The standard InChI is InChI=1S/C25H32FN3O3/c1-28-10-12-29(13-11-28)17-21-15-20(19-4-7-22(26)8-5-19)6-9-24(21)32-18-25(30)27-16-23-3-2-14-31-23/h4-9,15,23H,2-3,10-14,16-18H2,1H3,(H,27,30). The highest BCUT2D eigenvalue weighted by molar-refractivity contribution is 5.77. The minimum atomic E-state index is -0.250. The lowest BCUT2D eigenvalue weighted by Gasteiger charge is -2.32. The molecule has 2 aromatic carbocycles. The number of benzene rings is 2. The smallest absolute Gasteiger partial charge is 0.258 e. The van der Waals surface area contributed by atoms with Gasteiger partial charge in [-0.3, -0.25) is 9.69 Å². The second-order valence-corrected chi connectivity index (χ2v) is 8.64. The van der Waals surface area contributed by atoms with Gasteiger partial charge in [0.2, 0.25) is 0 Å². The fraction of sp³-hybridized carbons (Fsp3) is 0.480. The molecule has 4 rings (SSSR count). The summed E-state index contributed by atoms with van der Waals surface area (Å²) in [6, 6.07) is 12.5. The summed E-state index contributed by atoms with van der Waals surface area (Å²) in [6.07, 6.45) is 2.15. The Balaban J connectivity index is 1.44. The number of rotatable bonds is 8. The first-order valence-electron chi connectivity index (χ1n) is 11.4. The lowest BCUT2D eigenvalue weighted by atomic mass is 10.0. The SMILES string of the molecule is CN1CCN(Cc2cc(-c3ccc(F)cc3)ccc2OCC(=O)NCC2CCCO2)CC1. The molecule has 32 heavy (non-hydrogen) atoms. The molecule has 1 unspecified atom stereocenters. The van der Waals surface area contributed by atoms with E-state index in [0.717, 1.165) is 68.9 Å². The van der Waals surface area contributed by atoms with Crippen molar-refractivity contribution in [1.29, 1.82) is 0 Å². The first kappa shape index (κ1) is 22.7. The van der Waals surface area contributed by atoms with Crippen LogP contribution in [0.3, 0.4) is 0 Å². The van der Waals surface area contributed by atoms with Crippen molar-refractivity contribution in [2.24, 2.45) is 0 Å². The summed E-state index contributed by atoms with van der Waals surface area (Å²) in [7, 11) is 2.14. The number of nitrogens with zero attached hydrogens (tertiary/aromatic N) is 2. The molecule has 2 fully saturated rings. The number of halogens is 1. The average molecular weight is 442 g/mol. The van der Waals surface area contributed by atoms with Crippen LogP contribution in [0.4, 0.5) is 4.39 Å². The highest BCUT2D eigenvalue weighted by Gasteiger charge is 2.18. The topological polar surface area (TPSA) is 54.0 Å². The molecule has 2 aliphatic heterocycles. The summed E-state index contributed by atoms with van der Waals surface area (Å²) < 4.78 is 24.8. The van der Waals surface area contributed by atoms with Crippen molar-refractivity contribution >= 4 is 5.91 Å². The van der Waals surface area contributed by atoms with Crippen molar-refractivity contribution < 1.29 is 18.7 Å². The Morgan fingerprint density at radius 2 is 1.88 bits per heavy atom. The first-order valence-corrected chi connectivity index (χ1v) is 11.4. The monoisotopic (exact) mass is 441 g/mol. The minimum absolute atomic E-state index is 0.0294. The van der Waals surface area contributed by atoms with E-state index >= 15 is 0 Å². The fourth-order valence-corrected chi connectivity index (χ4v) is 4.14. The van der Waals surface area contributed by atoms with Gasteiger partial charge in [-0.25, -0.2) is 4.39 Å². The lowest BCUT2D eigenvalue weighted by Crippen LogP contribution is -2.43. The summed E-state index contributed by atoms with van der Waals surface area (Å²) in [5.74, 6) is 0.316. The van der Waals surface area contributed by atoms with E-state index in [0.29, 0.717) is 12.3 Å². The third-order valence-electron chi connectivity index (χ3n) is 6.14. The molecule has 0 saturated carbocycles. The molecule has 2 saturated heterocycles. The molecular formula is C25H32FN3O3. The van der Waals surface area contributed by atoms with Crippen molar-refractivity contribution in [2.45, 2.75) is 25.5 Å². The van der Waals surface area contributed by atoms with Crippen LogP contribution in [0.2, 0.25) is 0 Å². The highest BCUT2D eigenvalue weighted by atomic mass is 19.1. The summed E-state index contributed by atoms with van der Waals surface area (Å²) in [5, 5.41) is 2.90. The van der Waals surface area contributed by atoms with Gasteiger partial charge in [0.15, 0.2) is 6.61 Å². The van der Waals surface area contributed by atoms with E-state index in [1.165, 1.54) is 12.1 Å². The molecule has 1 N–H and O–H groups in total. The first-order chi connectivity index (χ1) is 15.6. The van der Waals surface area contributed by atoms with Gasteiger partial charge in [0.25, 0.3) is 5.91 Å². The van der Waals surface area contributed by atoms with Crippen molar-refractivity contribution in [3.8, 4) is 16.9 Å². The maximum Gasteiger partial charge on any atom is 0.258 e. The van der Waals surface area contributed by atoms with Crippen LogP contribution >= 0.6 is 0 Å². The van der Waals surface area contributed by atoms with Crippen LogP contribution in [-0.4, -0.2) is 74.8 Å². The zero-order valence-electron chi connectivity index (χ0n) is 18.7. The molecule has 2 aliphatic rings. The van der Waals surface area contributed by atoms with Gasteiger partial charge in [0.1, 0.15) is 11.6 Å². The molecule has 2 aromatic rings. The molecule has 1 atom stereocenters. The van der Waals surface area contributed by atoms with Crippen LogP contribution in [0.5, 0.6) is 5.75 Å². The second-order valence-electron chi connectivity index (χ2n) is 8.64. The number of ether oxygens (including phenoxy) is 2. The molecule has 1 amide bonds. The van der Waals surface area contributed by atoms with Crippen LogP contribution in [0, 0.1) is 5.82 Å². The van der Waals surface area contributed by atoms with Crippen LogP contribution in [-0.2, 0) is 16.1 Å². The average Bonchev–Trinajstić information content (AvgIpc) is 3.33. The van der Waals surface area contributed by atoms with Gasteiger partial charge in [-0.2, -0.15) is 0 Å². The predicted molar refractivity (Wildman–Crippen MR) is 122 cm³/mol. The maximum absolute atomic E-state index is 13.3. The van der Waals surface area contributed by atoms with Gasteiger partial charge >= 0.3 is 0 Å². The largest absolute Gasteiger partial charge is 0.483 e. The Kier molecular flexibility index (Phi) is 7.73. The third-order valence-corrected chi connectivity index (χ3v) is 6.14. The van der Waals surface area contributed by atoms with E-state index in [4.69, 9.17) is 9.47 Å². The van der Waals surface area contributed by atoms with Gasteiger partial charge in [-0.1, -0.05) is 18.2 Å². The van der Waals surface area contributed by atoms with Crippen molar-refractivity contribution in [3.63, 3.8) is 0 Å². The normalized spacial score (nSPS) is 19.8. The second kappa shape index (κ2) is 10.9. The van der Waals surface area contributed by atoms with E-state index < -0.39 is 0 Å². The van der Waals surface area contributed by atoms with Gasteiger partial charge in [-0.15, -0.1) is 0 Å². The Hall–Kier alpha value is -2.48. The Labute approximate surface area is 189 Å². The van der Waals surface area contributed by atoms with E-state index in [1.807, 2.05) is 12.1 Å². The number of hydrogen-bond acceptors (Lipinski definition) is 5. The number of nitrogens with one attached hydrogen (secondary N) is 1. The number of carbonyl (C=O) groups excluding carboxylic acids is 1. The van der Waals surface area contributed by atoms with Crippen molar-refractivity contribution in [3.05, 3.63) is 53.8 Å². The number of hydrogen-bond donors (Lipinski definition) is 1. The molecule has 172 valence electrons. The Morgan fingerprint density at radius 3 is 2.59 bits per heavy atom. The Bertz CT molecular complexity index is 892. The molecule has 0 aliphatic carbocycles. The quantitative estimate of drug-likeness (QED) is 0.683. The van der Waals surface area contributed by atoms with Gasteiger partial charge in [-0.05, 0) is 55.3 Å². The molecule has 0 radical (unpaired) electrons. The van der Waals surface area contributed by atoms with Crippen molar-refractivity contribution in [1.82, 2.24) is 15.1 Å². The van der Waals surface area contributed by atoms with Crippen LogP contribution < -0.4 is 10.1 Å². The van der Waals surface area contributed by atoms with Gasteiger partial charge in [0, 0.05) is 51.4 Å². The van der Waals surface area contributed by atoms with E-state index in [2.05, 4.69) is 28.2 Å². The molecule has 0 spiro atoms. The molecule has 7 heteroatoms. The van der Waals surface area contributed by atoms with Crippen LogP contribution in [0.15, 0.2) is 42.5 Å². The zero-order chi connectivity index (χ0) is 22.3. The zero-order valence-corrected chi connectivity index (χ0v) is 18.7. The highest BCUT2D eigenvalue weighted by Crippen LogP contribution is 2.28. The molecule has 2 heterocycles. The minimum Gasteiger partial charge on any atom is -0.483 e. The van der Waals surface area contributed by atoms with Crippen molar-refractivity contribution in [2.75, 3.05) is 53.0 Å². The van der Waals surface area contributed by atoms with E-state index in [9.17, 15) is 9.18 Å². The summed E-state index contributed by atoms with van der Waals surface area (Å²) >= 11 is 0. The molecule has 0 bridgehead atoms. The fourth-order valence-electron chi connectivity index (χ4n) is 4.14. The predicted octanol–water partition coefficient (Wildman–Crippen LogP) is 2.91. The van der Waals surface area contributed by atoms with Gasteiger partial charge < -0.3 is 19.7 Å². The molecule has 6 nitrogen and oxygen atoms in total. The lowest BCUT2D eigenvalue weighted by molar-refractivity contribution is -0.123. The number of likely N-dealkylation sites (N-methyl/N-ethyl adjacent to an activating group) is 1. The number of carbonyl (C=O) groups is 1. The van der Waals surface area contributed by atoms with E-state index in [-0.39, 0.29) is 24.4 Å². The van der Waals surface area contributed by atoms with Gasteiger partial charge in [0.05, 0.1) is 6.10 Å².